The van der Waals surface area contributed by atoms with E-state index in [0.29, 0.717) is 12.1 Å². The molecule has 3 aliphatic rings. The van der Waals surface area contributed by atoms with Crippen LogP contribution in [0, 0.1) is 0 Å². The molecule has 0 radical (unpaired) electrons. The van der Waals surface area contributed by atoms with Crippen molar-refractivity contribution in [1.29, 1.82) is 0 Å². The maximum absolute atomic E-state index is 12.2. The van der Waals surface area contributed by atoms with Gasteiger partial charge in [-0.1, -0.05) is 12.1 Å². The molecule has 0 atom stereocenters. The van der Waals surface area contributed by atoms with Crippen LogP contribution in [0.1, 0.15) is 57.4 Å². The largest absolute Gasteiger partial charge is 0.490 e. The van der Waals surface area contributed by atoms with Gasteiger partial charge in [0, 0.05) is 41.6 Å². The van der Waals surface area contributed by atoms with Crippen LogP contribution in [0.2, 0.25) is 0 Å². The molecule has 2 saturated carbocycles. The lowest BCUT2D eigenvalue weighted by Crippen LogP contribution is -2.41. The van der Waals surface area contributed by atoms with Crippen LogP contribution in [0.5, 0.6) is 5.75 Å². The number of carbonyl (C=O) groups is 1. The van der Waals surface area contributed by atoms with E-state index in [1.165, 1.54) is 12.8 Å². The van der Waals surface area contributed by atoms with Crippen LogP contribution < -0.4 is 21.1 Å². The number of aromatic nitrogens is 1. The lowest BCUT2D eigenvalue weighted by molar-refractivity contribution is 0.0256. The summed E-state index contributed by atoms with van der Waals surface area (Å²) < 4.78 is 14.2. The van der Waals surface area contributed by atoms with Crippen molar-refractivity contribution in [1.82, 2.24) is 9.88 Å². The number of nitrogens with zero attached hydrogens (tertiary/aromatic N) is 1. The van der Waals surface area contributed by atoms with E-state index in [4.69, 9.17) is 15.2 Å². The summed E-state index contributed by atoms with van der Waals surface area (Å²) in [5.41, 5.74) is 11.6. The second kappa shape index (κ2) is 9.46. The molecule has 7 nitrogen and oxygen atoms in total. The van der Waals surface area contributed by atoms with E-state index < -0.39 is 0 Å². The minimum absolute atomic E-state index is 0.136. The van der Waals surface area contributed by atoms with Gasteiger partial charge in [-0.25, -0.2) is 4.79 Å². The van der Waals surface area contributed by atoms with E-state index in [1.54, 1.807) is 0 Å². The van der Waals surface area contributed by atoms with Gasteiger partial charge in [-0.05, 0) is 68.9 Å². The van der Waals surface area contributed by atoms with Gasteiger partial charge in [0.1, 0.15) is 11.9 Å². The molecule has 6 rings (SSSR count). The smallest absolute Gasteiger partial charge is 0.319 e. The van der Waals surface area contributed by atoms with E-state index in [9.17, 15) is 4.79 Å². The zero-order valence-corrected chi connectivity index (χ0v) is 20.1. The van der Waals surface area contributed by atoms with Crippen LogP contribution in [0.3, 0.4) is 0 Å². The Morgan fingerprint density at radius 3 is 2.37 bits per heavy atom. The van der Waals surface area contributed by atoms with Crippen LogP contribution in [0.15, 0.2) is 42.5 Å². The highest BCUT2D eigenvalue weighted by molar-refractivity contribution is 6.02. The first kappa shape index (κ1) is 22.3. The highest BCUT2D eigenvalue weighted by Crippen LogP contribution is 2.45. The Hall–Kier alpha value is -3.19. The van der Waals surface area contributed by atoms with Gasteiger partial charge in [-0.15, -0.1) is 0 Å². The third-order valence-corrected chi connectivity index (χ3v) is 7.78. The lowest BCUT2D eigenvalue weighted by Gasteiger charge is -2.30. The molecule has 4 N–H and O–H groups in total. The molecular formula is C28H34N4O3. The van der Waals surface area contributed by atoms with Crippen molar-refractivity contribution in [3.05, 3.63) is 42.5 Å². The molecule has 1 saturated heterocycles. The molecule has 0 spiro atoms. The summed E-state index contributed by atoms with van der Waals surface area (Å²) in [6.07, 6.45) is 8.93. The van der Waals surface area contributed by atoms with Crippen molar-refractivity contribution in [2.24, 2.45) is 0 Å². The van der Waals surface area contributed by atoms with E-state index in [0.717, 1.165) is 91.0 Å². The van der Waals surface area contributed by atoms with Crippen LogP contribution >= 0.6 is 0 Å². The first-order valence-corrected chi connectivity index (χ1v) is 13.0. The zero-order valence-electron chi connectivity index (χ0n) is 20.1. The number of urea groups is 1. The van der Waals surface area contributed by atoms with Gasteiger partial charge in [-0.3, -0.25) is 0 Å². The number of carbonyl (C=O) groups excluding carboxylic acids is 1. The summed E-state index contributed by atoms with van der Waals surface area (Å²) in [6, 6.07) is 15.0. The molecule has 2 aliphatic carbocycles. The third kappa shape index (κ3) is 4.45. The standard InChI is InChI=1S/C28H34N4O3/c29-26-24-17-23(35-22-13-15-34-16-14-22)11-12-25(24)32(21-5-2-6-21)27(26)18-7-9-20(10-8-18)31-28(33)30-19-3-1-4-19/h7-12,17,19,21-22H,1-6,13-16,29H2,(H2,30,31,33). The molecule has 2 amide bonds. The van der Waals surface area contributed by atoms with Crippen LogP contribution in [0.4, 0.5) is 16.2 Å². The number of hydrogen-bond donors (Lipinski definition) is 3. The van der Waals surface area contributed by atoms with Gasteiger partial charge >= 0.3 is 6.03 Å². The minimum atomic E-state index is -0.136. The molecule has 1 aliphatic heterocycles. The summed E-state index contributed by atoms with van der Waals surface area (Å²) in [4.78, 5) is 12.2. The Balaban J connectivity index is 1.29. The Morgan fingerprint density at radius 2 is 1.71 bits per heavy atom. The third-order valence-electron chi connectivity index (χ3n) is 7.78. The predicted octanol–water partition coefficient (Wildman–Crippen LogP) is 5.85. The Labute approximate surface area is 206 Å². The maximum Gasteiger partial charge on any atom is 0.319 e. The van der Waals surface area contributed by atoms with Gasteiger partial charge in [-0.2, -0.15) is 0 Å². The second-order valence-electron chi connectivity index (χ2n) is 10.1. The molecule has 2 aromatic carbocycles. The Kier molecular flexibility index (Phi) is 6.02. The maximum atomic E-state index is 12.2. The molecule has 3 fully saturated rings. The van der Waals surface area contributed by atoms with Crippen molar-refractivity contribution < 1.29 is 14.3 Å². The number of nitrogens with two attached hydrogens (primary N) is 1. The molecule has 1 aromatic heterocycles. The SMILES string of the molecule is Nc1c(-c2ccc(NC(=O)NC3CCC3)cc2)n(C2CCC2)c2ccc(OC3CCOCC3)cc12. The average Bonchev–Trinajstić information content (AvgIpc) is 3.08. The van der Waals surface area contributed by atoms with Gasteiger partial charge in [0.25, 0.3) is 0 Å². The minimum Gasteiger partial charge on any atom is -0.490 e. The molecule has 7 heteroatoms. The fourth-order valence-electron chi connectivity index (χ4n) is 5.31. The quantitative estimate of drug-likeness (QED) is 0.418. The highest BCUT2D eigenvalue weighted by atomic mass is 16.5. The monoisotopic (exact) mass is 474 g/mol. The number of benzene rings is 2. The van der Waals surface area contributed by atoms with Gasteiger partial charge in [0.15, 0.2) is 0 Å². The van der Waals surface area contributed by atoms with Gasteiger partial charge < -0.3 is 30.4 Å². The van der Waals surface area contributed by atoms with Gasteiger partial charge in [0.05, 0.1) is 30.1 Å². The normalized spacial score (nSPS) is 19.2. The van der Waals surface area contributed by atoms with Crippen LogP contribution in [0.25, 0.3) is 22.2 Å². The number of hydrogen-bond acceptors (Lipinski definition) is 4. The van der Waals surface area contributed by atoms with E-state index in [-0.39, 0.29) is 12.1 Å². The molecule has 184 valence electrons. The average molecular weight is 475 g/mol. The molecular weight excluding hydrogens is 440 g/mol. The van der Waals surface area contributed by atoms with Crippen molar-refractivity contribution >= 4 is 28.3 Å². The van der Waals surface area contributed by atoms with Crippen LogP contribution in [-0.2, 0) is 4.74 Å². The molecule has 0 unspecified atom stereocenters. The Morgan fingerprint density at radius 1 is 0.971 bits per heavy atom. The van der Waals surface area contributed by atoms with E-state index >= 15 is 0 Å². The van der Waals surface area contributed by atoms with Crippen molar-refractivity contribution in [2.75, 3.05) is 24.3 Å². The second-order valence-corrected chi connectivity index (χ2v) is 10.1. The zero-order chi connectivity index (χ0) is 23.8. The fourth-order valence-corrected chi connectivity index (χ4v) is 5.31. The van der Waals surface area contributed by atoms with Crippen molar-refractivity contribution in [3.8, 4) is 17.0 Å². The number of nitrogens with one attached hydrogen (secondary N) is 2. The predicted molar refractivity (Wildman–Crippen MR) is 139 cm³/mol. The molecule has 3 aromatic rings. The van der Waals surface area contributed by atoms with E-state index in [1.807, 2.05) is 12.1 Å². The lowest BCUT2D eigenvalue weighted by atomic mass is 9.92. The molecule has 35 heavy (non-hydrogen) atoms. The summed E-state index contributed by atoms with van der Waals surface area (Å²) in [6.45, 7) is 1.51. The molecule has 2 heterocycles. The topological polar surface area (TPSA) is 90.5 Å². The van der Waals surface area contributed by atoms with E-state index in [2.05, 4.69) is 45.5 Å². The van der Waals surface area contributed by atoms with Gasteiger partial charge in [0.2, 0.25) is 0 Å². The van der Waals surface area contributed by atoms with Crippen molar-refractivity contribution in [3.63, 3.8) is 0 Å². The summed E-state index contributed by atoms with van der Waals surface area (Å²) in [7, 11) is 0. The summed E-state index contributed by atoms with van der Waals surface area (Å²) in [5, 5.41) is 7.01. The number of anilines is 2. The number of amides is 2. The Bertz CT molecular complexity index is 1210. The van der Waals surface area contributed by atoms with Crippen LogP contribution in [-0.4, -0.2) is 36.0 Å². The van der Waals surface area contributed by atoms with Crippen molar-refractivity contribution in [2.45, 2.75) is 69.6 Å². The summed E-state index contributed by atoms with van der Waals surface area (Å²) >= 11 is 0. The number of nitrogen functional groups attached to an aromatic ring is 1. The number of rotatable bonds is 6. The fraction of sp³-hybridized carbons (Fsp3) is 0.464. The first-order chi connectivity index (χ1) is 17.2. The summed E-state index contributed by atoms with van der Waals surface area (Å²) in [5.74, 6) is 0.866. The number of fused-ring (bicyclic) bond motifs is 1. The first-order valence-electron chi connectivity index (χ1n) is 13.0. The number of ether oxygens (including phenoxy) is 2. The molecule has 0 bridgehead atoms. The highest BCUT2D eigenvalue weighted by Gasteiger charge is 2.27.